The lowest BCUT2D eigenvalue weighted by molar-refractivity contribution is 0.0968. The van der Waals surface area contributed by atoms with Gasteiger partial charge in [0.25, 0.3) is 0 Å². The number of halogens is 1. The van der Waals surface area contributed by atoms with E-state index >= 15 is 0 Å². The molecule has 1 fully saturated rings. The molecule has 1 aliphatic rings. The van der Waals surface area contributed by atoms with Gasteiger partial charge in [-0.1, -0.05) is 12.8 Å². The Bertz CT molecular complexity index is 517. The van der Waals surface area contributed by atoms with E-state index in [-0.39, 0.29) is 18.2 Å². The summed E-state index contributed by atoms with van der Waals surface area (Å²) >= 11 is 0. The fraction of sp³-hybridized carbons (Fsp3) is 0.632. The van der Waals surface area contributed by atoms with Crippen LogP contribution in [-0.2, 0) is 0 Å². The van der Waals surface area contributed by atoms with Crippen LogP contribution in [0.3, 0.4) is 0 Å². The van der Waals surface area contributed by atoms with Crippen molar-refractivity contribution in [1.29, 1.82) is 0 Å². The number of rotatable bonds is 8. The molecule has 0 amide bonds. The molecule has 1 aliphatic heterocycles. The van der Waals surface area contributed by atoms with Gasteiger partial charge in [0.2, 0.25) is 0 Å². The number of benzene rings is 1. The van der Waals surface area contributed by atoms with Crippen LogP contribution in [0.1, 0.15) is 48.9 Å². The second-order valence-corrected chi connectivity index (χ2v) is 6.19. The molecule has 5 nitrogen and oxygen atoms in total. The van der Waals surface area contributed by atoms with Gasteiger partial charge >= 0.3 is 0 Å². The van der Waals surface area contributed by atoms with E-state index in [4.69, 9.17) is 14.2 Å². The number of carbonyl (C=O) groups excluding carboxylic acids is 1. The molecular weight excluding hydrogens is 342 g/mol. The third kappa shape index (κ3) is 6.08. The maximum atomic E-state index is 12.7. The highest BCUT2D eigenvalue weighted by Gasteiger charge is 2.20. The normalized spacial score (nSPS) is 15.0. The Morgan fingerprint density at radius 1 is 0.960 bits per heavy atom. The van der Waals surface area contributed by atoms with Gasteiger partial charge in [-0.25, -0.2) is 0 Å². The summed E-state index contributed by atoms with van der Waals surface area (Å²) in [5.74, 6) is 1.68. The molecule has 1 aromatic rings. The van der Waals surface area contributed by atoms with Gasteiger partial charge < -0.3 is 19.1 Å². The molecule has 0 unspecified atom stereocenters. The number of likely N-dealkylation sites (tertiary alicyclic amines) is 1. The molecular formula is C19H30ClNO4. The summed E-state index contributed by atoms with van der Waals surface area (Å²) in [4.78, 5) is 15.2. The summed E-state index contributed by atoms with van der Waals surface area (Å²) in [6.45, 7) is 3.29. The monoisotopic (exact) mass is 371 g/mol. The SMILES string of the molecule is COc1cc(OC)c(C(=O)CCCN2CCCCCC2)c(OC)c1.Cl. The zero-order valence-corrected chi connectivity index (χ0v) is 16.3. The summed E-state index contributed by atoms with van der Waals surface area (Å²) in [6.07, 6.45) is 6.56. The molecule has 1 heterocycles. The zero-order chi connectivity index (χ0) is 17.4. The first kappa shape index (κ1) is 21.6. The third-order valence-corrected chi connectivity index (χ3v) is 4.57. The van der Waals surface area contributed by atoms with Crippen molar-refractivity contribution in [2.45, 2.75) is 38.5 Å². The number of ketones is 1. The third-order valence-electron chi connectivity index (χ3n) is 4.57. The van der Waals surface area contributed by atoms with Gasteiger partial charge in [-0.3, -0.25) is 4.79 Å². The Labute approximate surface area is 157 Å². The Morgan fingerprint density at radius 3 is 2.00 bits per heavy atom. The average molecular weight is 372 g/mol. The number of nitrogens with zero attached hydrogens (tertiary/aromatic N) is 1. The maximum Gasteiger partial charge on any atom is 0.170 e. The van der Waals surface area contributed by atoms with Gasteiger partial charge in [-0.05, 0) is 38.9 Å². The van der Waals surface area contributed by atoms with E-state index in [9.17, 15) is 4.79 Å². The molecule has 1 saturated heterocycles. The molecule has 0 aromatic heterocycles. The van der Waals surface area contributed by atoms with Crippen LogP contribution in [0.2, 0.25) is 0 Å². The lowest BCUT2D eigenvalue weighted by Crippen LogP contribution is -2.26. The quantitative estimate of drug-likeness (QED) is 0.647. The van der Waals surface area contributed by atoms with E-state index in [1.807, 2.05) is 0 Å². The van der Waals surface area contributed by atoms with E-state index in [0.29, 0.717) is 29.2 Å². The number of hydrogen-bond donors (Lipinski definition) is 0. The summed E-state index contributed by atoms with van der Waals surface area (Å²) < 4.78 is 16.0. The summed E-state index contributed by atoms with van der Waals surface area (Å²) in [6, 6.07) is 3.45. The van der Waals surface area contributed by atoms with E-state index in [1.165, 1.54) is 25.7 Å². The van der Waals surface area contributed by atoms with Gasteiger partial charge in [0, 0.05) is 18.6 Å². The fourth-order valence-corrected chi connectivity index (χ4v) is 3.23. The molecule has 0 atom stereocenters. The van der Waals surface area contributed by atoms with Crippen molar-refractivity contribution in [3.63, 3.8) is 0 Å². The minimum absolute atomic E-state index is 0. The molecule has 6 heteroatoms. The van der Waals surface area contributed by atoms with Crippen molar-refractivity contribution in [2.24, 2.45) is 0 Å². The van der Waals surface area contributed by atoms with Crippen LogP contribution in [0, 0.1) is 0 Å². The lowest BCUT2D eigenvalue weighted by Gasteiger charge is -2.19. The van der Waals surface area contributed by atoms with Crippen LogP contribution in [0.4, 0.5) is 0 Å². The van der Waals surface area contributed by atoms with E-state index < -0.39 is 0 Å². The standard InChI is InChI=1S/C19H29NO4.ClH/c1-22-15-13-17(23-2)19(18(14-15)24-3)16(21)9-8-12-20-10-6-4-5-7-11-20;/h13-14H,4-12H2,1-3H3;1H. The number of methoxy groups -OCH3 is 3. The predicted molar refractivity (Wildman–Crippen MR) is 102 cm³/mol. The molecule has 0 bridgehead atoms. The molecule has 0 aliphatic carbocycles. The van der Waals surface area contributed by atoms with Gasteiger partial charge in [0.15, 0.2) is 5.78 Å². The van der Waals surface area contributed by atoms with Crippen molar-refractivity contribution < 1.29 is 19.0 Å². The average Bonchev–Trinajstić information content (AvgIpc) is 2.89. The Balaban J connectivity index is 0.00000312. The summed E-state index contributed by atoms with van der Waals surface area (Å²) in [7, 11) is 4.70. The molecule has 0 N–H and O–H groups in total. The fourth-order valence-electron chi connectivity index (χ4n) is 3.23. The topological polar surface area (TPSA) is 48.0 Å². The first-order chi connectivity index (χ1) is 11.7. The summed E-state index contributed by atoms with van der Waals surface area (Å²) in [5, 5.41) is 0. The van der Waals surface area contributed by atoms with Gasteiger partial charge in [0.05, 0.1) is 21.3 Å². The molecule has 1 aromatic carbocycles. The minimum Gasteiger partial charge on any atom is -0.496 e. The largest absolute Gasteiger partial charge is 0.496 e. The first-order valence-corrected chi connectivity index (χ1v) is 8.75. The first-order valence-electron chi connectivity index (χ1n) is 8.75. The van der Waals surface area contributed by atoms with Crippen LogP contribution in [-0.4, -0.2) is 51.6 Å². The number of Topliss-reactive ketones (excluding diaryl/α,β-unsaturated/α-hetero) is 1. The van der Waals surface area contributed by atoms with Gasteiger partial charge in [-0.15, -0.1) is 12.4 Å². The van der Waals surface area contributed by atoms with Crippen molar-refractivity contribution in [2.75, 3.05) is 41.0 Å². The number of carbonyl (C=O) groups is 1. The van der Waals surface area contributed by atoms with Crippen molar-refractivity contribution >= 4 is 18.2 Å². The second-order valence-electron chi connectivity index (χ2n) is 6.19. The number of hydrogen-bond acceptors (Lipinski definition) is 5. The molecule has 142 valence electrons. The van der Waals surface area contributed by atoms with Crippen LogP contribution in [0.5, 0.6) is 17.2 Å². The van der Waals surface area contributed by atoms with Crippen LogP contribution < -0.4 is 14.2 Å². The highest BCUT2D eigenvalue weighted by molar-refractivity contribution is 6.01. The maximum absolute atomic E-state index is 12.7. The molecule has 25 heavy (non-hydrogen) atoms. The zero-order valence-electron chi connectivity index (χ0n) is 15.5. The lowest BCUT2D eigenvalue weighted by atomic mass is 10.0. The van der Waals surface area contributed by atoms with Gasteiger partial charge in [-0.2, -0.15) is 0 Å². The second kappa shape index (κ2) is 11.2. The summed E-state index contributed by atoms with van der Waals surface area (Å²) in [5.41, 5.74) is 0.511. The van der Waals surface area contributed by atoms with Crippen molar-refractivity contribution in [1.82, 2.24) is 4.90 Å². The van der Waals surface area contributed by atoms with E-state index in [1.54, 1.807) is 33.5 Å². The van der Waals surface area contributed by atoms with Crippen LogP contribution in [0.15, 0.2) is 12.1 Å². The highest BCUT2D eigenvalue weighted by atomic mass is 35.5. The predicted octanol–water partition coefficient (Wildman–Crippen LogP) is 3.97. The van der Waals surface area contributed by atoms with Crippen LogP contribution >= 0.6 is 12.4 Å². The molecule has 0 radical (unpaired) electrons. The molecule has 2 rings (SSSR count). The Hall–Kier alpha value is -1.46. The number of ether oxygens (including phenoxy) is 3. The highest BCUT2D eigenvalue weighted by Crippen LogP contribution is 2.35. The van der Waals surface area contributed by atoms with Crippen molar-refractivity contribution in [3.8, 4) is 17.2 Å². The van der Waals surface area contributed by atoms with Crippen LogP contribution in [0.25, 0.3) is 0 Å². The molecule has 0 spiro atoms. The van der Waals surface area contributed by atoms with E-state index in [2.05, 4.69) is 4.90 Å². The smallest absolute Gasteiger partial charge is 0.170 e. The minimum atomic E-state index is 0. The van der Waals surface area contributed by atoms with Crippen molar-refractivity contribution in [3.05, 3.63) is 17.7 Å². The van der Waals surface area contributed by atoms with Gasteiger partial charge in [0.1, 0.15) is 22.8 Å². The molecule has 0 saturated carbocycles. The Morgan fingerprint density at radius 2 is 1.52 bits per heavy atom. The Kier molecular flexibility index (Phi) is 9.68. The van der Waals surface area contributed by atoms with E-state index in [0.717, 1.165) is 26.1 Å².